The van der Waals surface area contributed by atoms with Crippen LogP contribution in [0.15, 0.2) is 60.8 Å². The number of hydrogen-bond donors (Lipinski definition) is 1. The average Bonchev–Trinajstić information content (AvgIpc) is 3.00. The lowest BCUT2D eigenvalue weighted by molar-refractivity contribution is 0.303. The van der Waals surface area contributed by atoms with E-state index in [-0.39, 0.29) is 0 Å². The van der Waals surface area contributed by atoms with Gasteiger partial charge in [-0.05, 0) is 29.8 Å². The van der Waals surface area contributed by atoms with Crippen molar-refractivity contribution in [1.29, 1.82) is 0 Å². The second-order valence-electron chi connectivity index (χ2n) is 5.14. The monoisotopic (exact) mass is 293 g/mol. The predicted octanol–water partition coefficient (Wildman–Crippen LogP) is 3.12. The summed E-state index contributed by atoms with van der Waals surface area (Å²) in [7, 11) is 1.93. The molecule has 0 radical (unpaired) electrons. The number of benzene rings is 2. The lowest BCUT2D eigenvalue weighted by atomic mass is 10.1. The third-order valence-electron chi connectivity index (χ3n) is 3.63. The van der Waals surface area contributed by atoms with Crippen molar-refractivity contribution in [2.75, 3.05) is 0 Å². The Morgan fingerprint density at radius 2 is 1.91 bits per heavy atom. The van der Waals surface area contributed by atoms with Crippen LogP contribution in [0.25, 0.3) is 11.3 Å². The minimum atomic E-state index is 0.440. The predicted molar refractivity (Wildman–Crippen MR) is 87.3 cm³/mol. The minimum Gasteiger partial charge on any atom is -0.489 e. The summed E-state index contributed by atoms with van der Waals surface area (Å²) in [4.78, 5) is 0. The molecule has 2 aromatic carbocycles. The van der Waals surface area contributed by atoms with Gasteiger partial charge in [-0.25, -0.2) is 0 Å². The van der Waals surface area contributed by atoms with Crippen molar-refractivity contribution in [2.45, 2.75) is 13.2 Å². The van der Waals surface area contributed by atoms with E-state index in [1.807, 2.05) is 60.3 Å². The summed E-state index contributed by atoms with van der Waals surface area (Å²) in [6.45, 7) is 0.981. The number of hydrogen-bond acceptors (Lipinski definition) is 3. The van der Waals surface area contributed by atoms with Gasteiger partial charge in [0.05, 0.1) is 5.69 Å². The molecule has 22 heavy (non-hydrogen) atoms. The summed E-state index contributed by atoms with van der Waals surface area (Å²) >= 11 is 0. The quantitative estimate of drug-likeness (QED) is 0.786. The lowest BCUT2D eigenvalue weighted by Gasteiger charge is -2.12. The Morgan fingerprint density at radius 3 is 2.59 bits per heavy atom. The molecule has 2 N–H and O–H groups in total. The van der Waals surface area contributed by atoms with Crippen LogP contribution < -0.4 is 10.5 Å². The standard InChI is InChI=1S/C18H19N3O/c1-21-17(9-10-20-21)15-7-8-18(16(11-15)12-19)22-13-14-5-3-2-4-6-14/h2-11H,12-13,19H2,1H3. The SMILES string of the molecule is Cn1nccc1-c1ccc(OCc2ccccc2)c(CN)c1. The van der Waals surface area contributed by atoms with Crippen molar-refractivity contribution in [2.24, 2.45) is 12.8 Å². The maximum Gasteiger partial charge on any atom is 0.124 e. The molecular formula is C18H19N3O. The van der Waals surface area contributed by atoms with Crippen molar-refractivity contribution >= 4 is 0 Å². The Bertz CT molecular complexity index is 750. The Labute approximate surface area is 130 Å². The van der Waals surface area contributed by atoms with Crippen LogP contribution in [0.2, 0.25) is 0 Å². The number of nitrogens with zero attached hydrogens (tertiary/aromatic N) is 2. The first kappa shape index (κ1) is 14.4. The van der Waals surface area contributed by atoms with Gasteiger partial charge in [0.1, 0.15) is 12.4 Å². The molecule has 0 fully saturated rings. The van der Waals surface area contributed by atoms with Crippen molar-refractivity contribution in [3.8, 4) is 17.0 Å². The topological polar surface area (TPSA) is 53.1 Å². The molecule has 4 nitrogen and oxygen atoms in total. The van der Waals surface area contributed by atoms with Crippen LogP contribution in [0.4, 0.5) is 0 Å². The second-order valence-corrected chi connectivity index (χ2v) is 5.14. The highest BCUT2D eigenvalue weighted by Crippen LogP contribution is 2.26. The summed E-state index contributed by atoms with van der Waals surface area (Å²) in [6, 6.07) is 18.2. The van der Waals surface area contributed by atoms with Crippen LogP contribution >= 0.6 is 0 Å². The third kappa shape index (κ3) is 3.02. The van der Waals surface area contributed by atoms with E-state index in [4.69, 9.17) is 10.5 Å². The Morgan fingerprint density at radius 1 is 1.09 bits per heavy atom. The van der Waals surface area contributed by atoms with Gasteiger partial charge in [0.25, 0.3) is 0 Å². The summed E-state index contributed by atoms with van der Waals surface area (Å²) < 4.78 is 7.76. The Kier molecular flexibility index (Phi) is 4.21. The first-order valence-electron chi connectivity index (χ1n) is 7.26. The number of ether oxygens (including phenoxy) is 1. The molecule has 0 unspecified atom stereocenters. The Balaban J connectivity index is 1.82. The van der Waals surface area contributed by atoms with E-state index in [1.54, 1.807) is 6.20 Å². The largest absolute Gasteiger partial charge is 0.489 e. The first-order chi connectivity index (χ1) is 10.8. The molecule has 4 heteroatoms. The van der Waals surface area contributed by atoms with E-state index in [1.165, 1.54) is 0 Å². The smallest absolute Gasteiger partial charge is 0.124 e. The number of aromatic nitrogens is 2. The summed E-state index contributed by atoms with van der Waals surface area (Å²) in [5, 5.41) is 4.20. The summed E-state index contributed by atoms with van der Waals surface area (Å²) in [6.07, 6.45) is 1.79. The lowest BCUT2D eigenvalue weighted by Crippen LogP contribution is -2.03. The van der Waals surface area contributed by atoms with Crippen molar-refractivity contribution in [3.05, 3.63) is 71.9 Å². The number of rotatable bonds is 5. The molecular weight excluding hydrogens is 274 g/mol. The maximum atomic E-state index is 5.91. The van der Waals surface area contributed by atoms with Gasteiger partial charge in [-0.2, -0.15) is 5.10 Å². The zero-order chi connectivity index (χ0) is 15.4. The van der Waals surface area contributed by atoms with Crippen molar-refractivity contribution in [3.63, 3.8) is 0 Å². The van der Waals surface area contributed by atoms with E-state index < -0.39 is 0 Å². The molecule has 0 aliphatic heterocycles. The van der Waals surface area contributed by atoms with Crippen LogP contribution in [0.3, 0.4) is 0 Å². The van der Waals surface area contributed by atoms with Crippen LogP contribution in [0.5, 0.6) is 5.75 Å². The fourth-order valence-electron chi connectivity index (χ4n) is 2.43. The van der Waals surface area contributed by atoms with Gasteiger partial charge in [-0.1, -0.05) is 30.3 Å². The zero-order valence-corrected chi connectivity index (χ0v) is 12.6. The van der Waals surface area contributed by atoms with E-state index in [9.17, 15) is 0 Å². The number of aryl methyl sites for hydroxylation is 1. The van der Waals surface area contributed by atoms with Crippen LogP contribution in [-0.4, -0.2) is 9.78 Å². The number of nitrogens with two attached hydrogens (primary N) is 1. The fourth-order valence-corrected chi connectivity index (χ4v) is 2.43. The molecule has 0 spiro atoms. The van der Waals surface area contributed by atoms with E-state index in [0.717, 1.165) is 28.1 Å². The van der Waals surface area contributed by atoms with Gasteiger partial charge < -0.3 is 10.5 Å². The highest BCUT2D eigenvalue weighted by molar-refractivity contribution is 5.62. The van der Waals surface area contributed by atoms with Gasteiger partial charge in [0, 0.05) is 30.9 Å². The van der Waals surface area contributed by atoms with Crippen molar-refractivity contribution < 1.29 is 4.74 Å². The van der Waals surface area contributed by atoms with Crippen LogP contribution in [-0.2, 0) is 20.2 Å². The summed E-state index contributed by atoms with van der Waals surface area (Å²) in [5.74, 6) is 0.831. The molecule has 0 bridgehead atoms. The molecule has 3 aromatic rings. The van der Waals surface area contributed by atoms with Gasteiger partial charge in [0.15, 0.2) is 0 Å². The molecule has 1 aromatic heterocycles. The molecule has 112 valence electrons. The van der Waals surface area contributed by atoms with Crippen LogP contribution in [0.1, 0.15) is 11.1 Å². The molecule has 3 rings (SSSR count). The zero-order valence-electron chi connectivity index (χ0n) is 12.6. The molecule has 0 aliphatic carbocycles. The minimum absolute atomic E-state index is 0.440. The molecule has 0 aliphatic rings. The van der Waals surface area contributed by atoms with Gasteiger partial charge in [-0.15, -0.1) is 0 Å². The highest BCUT2D eigenvalue weighted by atomic mass is 16.5. The molecule has 0 amide bonds. The average molecular weight is 293 g/mol. The van der Waals surface area contributed by atoms with Gasteiger partial charge in [-0.3, -0.25) is 4.68 Å². The Hall–Kier alpha value is -2.59. The second kappa shape index (κ2) is 6.45. The van der Waals surface area contributed by atoms with Gasteiger partial charge >= 0.3 is 0 Å². The van der Waals surface area contributed by atoms with Gasteiger partial charge in [0.2, 0.25) is 0 Å². The summed E-state index contributed by atoms with van der Waals surface area (Å²) in [5.41, 5.74) is 10.2. The normalized spacial score (nSPS) is 10.6. The van der Waals surface area contributed by atoms with E-state index in [0.29, 0.717) is 13.2 Å². The fraction of sp³-hybridized carbons (Fsp3) is 0.167. The third-order valence-corrected chi connectivity index (χ3v) is 3.63. The van der Waals surface area contributed by atoms with Crippen LogP contribution in [0, 0.1) is 0 Å². The van der Waals surface area contributed by atoms with Crippen molar-refractivity contribution in [1.82, 2.24) is 9.78 Å². The van der Waals surface area contributed by atoms with E-state index >= 15 is 0 Å². The first-order valence-corrected chi connectivity index (χ1v) is 7.26. The molecule has 0 saturated carbocycles. The van der Waals surface area contributed by atoms with E-state index in [2.05, 4.69) is 11.2 Å². The molecule has 0 atom stereocenters. The molecule has 1 heterocycles. The molecule has 0 saturated heterocycles. The maximum absolute atomic E-state index is 5.91. The highest BCUT2D eigenvalue weighted by Gasteiger charge is 2.08.